The minimum absolute atomic E-state index is 0.115. The number of ketones is 1. The SMILES string of the molecule is CCc1cccc(OCC(=O)c2ccc3c(c2)N(Cc2ccc(C(=O)N4CCC(C)CC4)o2)C(=O)CO3)c1. The third-order valence-electron chi connectivity index (χ3n) is 7.16. The minimum Gasteiger partial charge on any atom is -0.485 e. The molecule has 38 heavy (non-hydrogen) atoms. The maximum Gasteiger partial charge on any atom is 0.289 e. The van der Waals surface area contributed by atoms with Crippen LogP contribution in [0.25, 0.3) is 0 Å². The predicted molar refractivity (Wildman–Crippen MR) is 142 cm³/mol. The number of amides is 2. The second-order valence-corrected chi connectivity index (χ2v) is 9.90. The Morgan fingerprint density at radius 1 is 1.05 bits per heavy atom. The van der Waals surface area contributed by atoms with E-state index in [-0.39, 0.29) is 43.1 Å². The normalized spacial score (nSPS) is 15.7. The summed E-state index contributed by atoms with van der Waals surface area (Å²) in [6.07, 6.45) is 2.84. The molecule has 0 radical (unpaired) electrons. The lowest BCUT2D eigenvalue weighted by molar-refractivity contribution is -0.121. The fraction of sp³-hybridized carbons (Fsp3) is 0.367. The Morgan fingerprint density at radius 2 is 1.87 bits per heavy atom. The molecular weight excluding hydrogens is 484 g/mol. The standard InChI is InChI=1S/C30H32N2O6/c1-3-21-5-4-6-23(15-21)36-18-26(33)22-7-9-27-25(16-22)32(29(34)19-37-27)17-24-8-10-28(38-24)30(35)31-13-11-20(2)12-14-31/h4-10,15-16,20H,3,11-14,17-19H2,1-2H3. The number of Topliss-reactive ketones (excluding diaryl/α,β-unsaturated/α-hetero) is 1. The van der Waals surface area contributed by atoms with Crippen LogP contribution in [0.2, 0.25) is 0 Å². The average molecular weight is 517 g/mol. The lowest BCUT2D eigenvalue weighted by atomic mass is 9.99. The van der Waals surface area contributed by atoms with Gasteiger partial charge < -0.3 is 18.8 Å². The van der Waals surface area contributed by atoms with E-state index in [0.717, 1.165) is 37.9 Å². The lowest BCUT2D eigenvalue weighted by Gasteiger charge is -2.30. The zero-order valence-corrected chi connectivity index (χ0v) is 21.8. The molecule has 1 fully saturated rings. The molecule has 2 amide bonds. The second kappa shape index (κ2) is 11.1. The highest BCUT2D eigenvalue weighted by Crippen LogP contribution is 2.34. The number of fused-ring (bicyclic) bond motifs is 1. The van der Waals surface area contributed by atoms with Crippen molar-refractivity contribution in [3.05, 3.63) is 77.2 Å². The summed E-state index contributed by atoms with van der Waals surface area (Å²) in [6, 6.07) is 16.0. The molecule has 2 aromatic carbocycles. The Hall–Kier alpha value is -4.07. The van der Waals surface area contributed by atoms with Gasteiger partial charge in [-0.1, -0.05) is 26.0 Å². The minimum atomic E-state index is -0.260. The number of hydrogen-bond donors (Lipinski definition) is 0. The third-order valence-corrected chi connectivity index (χ3v) is 7.16. The molecule has 8 nitrogen and oxygen atoms in total. The first-order chi connectivity index (χ1) is 18.4. The Morgan fingerprint density at radius 3 is 2.66 bits per heavy atom. The van der Waals surface area contributed by atoms with Crippen LogP contribution in [-0.4, -0.2) is 48.8 Å². The summed E-state index contributed by atoms with van der Waals surface area (Å²) in [5, 5.41) is 0. The molecule has 0 unspecified atom stereocenters. The Balaban J connectivity index is 1.29. The van der Waals surface area contributed by atoms with Gasteiger partial charge in [0.05, 0.1) is 12.2 Å². The molecule has 1 saturated heterocycles. The average Bonchev–Trinajstić information content (AvgIpc) is 3.42. The smallest absolute Gasteiger partial charge is 0.289 e. The summed E-state index contributed by atoms with van der Waals surface area (Å²) >= 11 is 0. The van der Waals surface area contributed by atoms with Crippen LogP contribution in [0.3, 0.4) is 0 Å². The van der Waals surface area contributed by atoms with E-state index in [1.165, 1.54) is 4.90 Å². The molecule has 5 rings (SSSR count). The fourth-order valence-corrected chi connectivity index (χ4v) is 4.74. The first-order valence-corrected chi connectivity index (χ1v) is 13.1. The van der Waals surface area contributed by atoms with Gasteiger partial charge in [-0.3, -0.25) is 19.3 Å². The zero-order valence-electron chi connectivity index (χ0n) is 21.8. The Labute approximate surface area is 222 Å². The van der Waals surface area contributed by atoms with Gasteiger partial charge in [0.2, 0.25) is 0 Å². The van der Waals surface area contributed by atoms with Gasteiger partial charge in [0.25, 0.3) is 11.8 Å². The summed E-state index contributed by atoms with van der Waals surface area (Å²) in [5.74, 6) is 1.90. The van der Waals surface area contributed by atoms with Crippen molar-refractivity contribution in [1.29, 1.82) is 0 Å². The predicted octanol–water partition coefficient (Wildman–Crippen LogP) is 4.90. The number of furan rings is 1. The van der Waals surface area contributed by atoms with Gasteiger partial charge >= 0.3 is 0 Å². The molecule has 3 heterocycles. The molecule has 3 aromatic rings. The molecule has 2 aliphatic rings. The van der Waals surface area contributed by atoms with Crippen molar-refractivity contribution in [2.45, 2.75) is 39.7 Å². The van der Waals surface area contributed by atoms with Gasteiger partial charge in [-0.25, -0.2) is 0 Å². The molecule has 0 saturated carbocycles. The highest BCUT2D eigenvalue weighted by molar-refractivity contribution is 6.02. The van der Waals surface area contributed by atoms with Gasteiger partial charge in [-0.15, -0.1) is 0 Å². The van der Waals surface area contributed by atoms with Gasteiger partial charge in [-0.05, 0) is 73.2 Å². The van der Waals surface area contributed by atoms with Crippen LogP contribution in [0, 0.1) is 5.92 Å². The van der Waals surface area contributed by atoms with E-state index in [0.29, 0.717) is 34.4 Å². The van der Waals surface area contributed by atoms with Crippen LogP contribution in [0.15, 0.2) is 59.0 Å². The molecule has 0 bridgehead atoms. The van der Waals surface area contributed by atoms with E-state index in [2.05, 4.69) is 13.8 Å². The summed E-state index contributed by atoms with van der Waals surface area (Å²) < 4.78 is 17.2. The number of piperidine rings is 1. The zero-order chi connectivity index (χ0) is 26.6. The summed E-state index contributed by atoms with van der Waals surface area (Å²) in [7, 11) is 0. The van der Waals surface area contributed by atoms with Gasteiger partial charge in [0.1, 0.15) is 17.3 Å². The molecule has 0 spiro atoms. The molecule has 0 atom stereocenters. The highest BCUT2D eigenvalue weighted by atomic mass is 16.5. The molecule has 1 aromatic heterocycles. The highest BCUT2D eigenvalue weighted by Gasteiger charge is 2.29. The molecule has 2 aliphatic heterocycles. The van der Waals surface area contributed by atoms with Gasteiger partial charge in [0.15, 0.2) is 24.8 Å². The molecule has 0 N–H and O–H groups in total. The number of benzene rings is 2. The van der Waals surface area contributed by atoms with Crippen molar-refractivity contribution in [3.63, 3.8) is 0 Å². The van der Waals surface area contributed by atoms with E-state index >= 15 is 0 Å². The monoisotopic (exact) mass is 516 g/mol. The van der Waals surface area contributed by atoms with Crippen molar-refractivity contribution >= 4 is 23.3 Å². The first-order valence-electron chi connectivity index (χ1n) is 13.1. The van der Waals surface area contributed by atoms with Crippen molar-refractivity contribution in [1.82, 2.24) is 4.90 Å². The number of anilines is 1. The van der Waals surface area contributed by atoms with Crippen LogP contribution in [0.5, 0.6) is 11.5 Å². The summed E-state index contributed by atoms with van der Waals surface area (Å²) in [6.45, 7) is 5.57. The number of aryl methyl sites for hydroxylation is 1. The van der Waals surface area contributed by atoms with E-state index < -0.39 is 0 Å². The van der Waals surface area contributed by atoms with E-state index in [1.54, 1.807) is 30.3 Å². The molecular formula is C30H32N2O6. The van der Waals surface area contributed by atoms with Crippen LogP contribution in [-0.2, 0) is 17.8 Å². The fourth-order valence-electron chi connectivity index (χ4n) is 4.74. The number of ether oxygens (including phenoxy) is 2. The maximum atomic E-state index is 12.9. The van der Waals surface area contributed by atoms with Crippen LogP contribution in [0.1, 0.15) is 58.9 Å². The number of rotatable bonds is 8. The van der Waals surface area contributed by atoms with Gasteiger partial charge in [-0.2, -0.15) is 0 Å². The summed E-state index contributed by atoms with van der Waals surface area (Å²) in [5.41, 5.74) is 2.02. The number of hydrogen-bond acceptors (Lipinski definition) is 6. The van der Waals surface area contributed by atoms with E-state index in [4.69, 9.17) is 13.9 Å². The third kappa shape index (κ3) is 5.59. The van der Waals surface area contributed by atoms with Crippen molar-refractivity contribution in [3.8, 4) is 11.5 Å². The van der Waals surface area contributed by atoms with Crippen LogP contribution < -0.4 is 14.4 Å². The van der Waals surface area contributed by atoms with Crippen molar-refractivity contribution in [2.75, 3.05) is 31.2 Å². The molecule has 0 aliphatic carbocycles. The van der Waals surface area contributed by atoms with E-state index in [9.17, 15) is 14.4 Å². The summed E-state index contributed by atoms with van der Waals surface area (Å²) in [4.78, 5) is 41.9. The number of carbonyl (C=O) groups excluding carboxylic acids is 3. The Bertz CT molecular complexity index is 1340. The lowest BCUT2D eigenvalue weighted by Crippen LogP contribution is -2.38. The molecule has 8 heteroatoms. The number of nitrogens with zero attached hydrogens (tertiary/aromatic N) is 2. The van der Waals surface area contributed by atoms with Crippen molar-refractivity contribution in [2.24, 2.45) is 5.92 Å². The quantitative estimate of drug-likeness (QED) is 0.396. The van der Waals surface area contributed by atoms with Crippen LogP contribution in [0.4, 0.5) is 5.69 Å². The van der Waals surface area contributed by atoms with E-state index in [1.807, 2.05) is 29.2 Å². The second-order valence-electron chi connectivity index (χ2n) is 9.90. The number of likely N-dealkylation sites (tertiary alicyclic amines) is 1. The largest absolute Gasteiger partial charge is 0.485 e. The maximum absolute atomic E-state index is 12.9. The molecule has 198 valence electrons. The van der Waals surface area contributed by atoms with Crippen molar-refractivity contribution < 1.29 is 28.3 Å². The first kappa shape index (κ1) is 25.6. The topological polar surface area (TPSA) is 89.3 Å². The number of carbonyl (C=O) groups is 3. The Kier molecular flexibility index (Phi) is 7.49. The van der Waals surface area contributed by atoms with Gasteiger partial charge in [0, 0.05) is 18.7 Å². The van der Waals surface area contributed by atoms with Crippen LogP contribution >= 0.6 is 0 Å².